The number of aryl methyl sites for hydroxylation is 1. The van der Waals surface area contributed by atoms with Crippen molar-refractivity contribution in [2.45, 2.75) is 45.2 Å². The number of halogens is 2. The number of H-pyrrole nitrogens is 1. The summed E-state index contributed by atoms with van der Waals surface area (Å²) in [6, 6.07) is 1.86. The van der Waals surface area contributed by atoms with Crippen molar-refractivity contribution in [2.24, 2.45) is 0 Å². The second-order valence-corrected chi connectivity index (χ2v) is 11.8. The maximum atomic E-state index is 14.0. The molecule has 1 aromatic carbocycles. The Morgan fingerprint density at radius 1 is 1.18 bits per heavy atom. The van der Waals surface area contributed by atoms with Gasteiger partial charge in [-0.15, -0.1) is 0 Å². The molecular weight excluding hydrogens is 590 g/mol. The third-order valence-corrected chi connectivity index (χ3v) is 8.87. The zero-order chi connectivity index (χ0) is 30.3. The molecule has 2 aromatic heterocycles. The fourth-order valence-electron chi connectivity index (χ4n) is 6.43. The van der Waals surface area contributed by atoms with E-state index in [-0.39, 0.29) is 51.6 Å². The van der Waals surface area contributed by atoms with Gasteiger partial charge < -0.3 is 24.5 Å². The number of carbonyl (C=O) groups excluding carboxylic acids is 1. The number of amides is 1. The summed E-state index contributed by atoms with van der Waals surface area (Å²) >= 11 is 0. The predicted molar refractivity (Wildman–Crippen MR) is 169 cm³/mol. The number of likely N-dealkylation sites (tertiary alicyclic amines) is 1. The van der Waals surface area contributed by atoms with Gasteiger partial charge in [0.25, 0.3) is 5.92 Å². The van der Waals surface area contributed by atoms with E-state index in [1.54, 1.807) is 16.8 Å². The second kappa shape index (κ2) is 12.9. The van der Waals surface area contributed by atoms with Crippen LogP contribution in [0.3, 0.4) is 0 Å². The van der Waals surface area contributed by atoms with E-state index in [0.29, 0.717) is 39.1 Å². The molecule has 2 N–H and O–H groups in total. The van der Waals surface area contributed by atoms with E-state index in [9.17, 15) is 13.6 Å². The summed E-state index contributed by atoms with van der Waals surface area (Å²) < 4.78 is 34.1. The molecule has 3 aliphatic heterocycles. The molecule has 2 saturated heterocycles. The van der Waals surface area contributed by atoms with Crippen molar-refractivity contribution in [1.29, 1.82) is 0 Å². The van der Waals surface area contributed by atoms with Gasteiger partial charge in [-0.1, -0.05) is 6.08 Å². The highest BCUT2D eigenvalue weighted by Crippen LogP contribution is 2.37. The summed E-state index contributed by atoms with van der Waals surface area (Å²) in [7, 11) is 1.68. The van der Waals surface area contributed by atoms with Crippen LogP contribution in [0.1, 0.15) is 28.8 Å². The number of aliphatic hydroxyl groups excluding tert-OH is 1. The van der Waals surface area contributed by atoms with Crippen molar-refractivity contribution >= 4 is 41.8 Å². The first-order chi connectivity index (χ1) is 20.6. The number of carbonyl (C=O) groups is 1. The molecule has 44 heavy (non-hydrogen) atoms. The molecule has 0 unspecified atom stereocenters. The number of aromatic nitrogens is 4. The molecule has 0 spiro atoms. The van der Waals surface area contributed by atoms with Gasteiger partial charge in [0.05, 0.1) is 42.8 Å². The Morgan fingerprint density at radius 2 is 1.95 bits per heavy atom. The van der Waals surface area contributed by atoms with E-state index < -0.39 is 12.0 Å². The number of piperazine rings is 1. The first kappa shape index (κ1) is 31.9. The fraction of sp³-hybridized carbons (Fsp3) is 0.533. The minimum Gasteiger partial charge on any atom is -0.462 e. The lowest BCUT2D eigenvalue weighted by atomic mass is 9.99. The zero-order valence-electron chi connectivity index (χ0n) is 25.3. The van der Waals surface area contributed by atoms with Gasteiger partial charge in [0.1, 0.15) is 12.4 Å². The Morgan fingerprint density at radius 3 is 2.66 bits per heavy atom. The fourth-order valence-corrected chi connectivity index (χ4v) is 6.43. The highest BCUT2D eigenvalue weighted by atomic mass is 32.1. The van der Waals surface area contributed by atoms with E-state index in [2.05, 4.69) is 39.9 Å². The summed E-state index contributed by atoms with van der Waals surface area (Å²) in [5, 5.41) is 17.4. The topological polar surface area (TPSA) is 114 Å². The van der Waals surface area contributed by atoms with Crippen molar-refractivity contribution in [3.63, 3.8) is 0 Å². The molecule has 0 radical (unpaired) electrons. The second-order valence-electron chi connectivity index (χ2n) is 11.8. The minimum absolute atomic E-state index is 0. The highest BCUT2D eigenvalue weighted by molar-refractivity contribution is 7.59. The minimum atomic E-state index is -2.74. The Kier molecular flexibility index (Phi) is 9.33. The van der Waals surface area contributed by atoms with Crippen LogP contribution in [-0.4, -0.2) is 112 Å². The normalized spacial score (nSPS) is 20.3. The number of hydrogen-bond acceptors (Lipinski definition) is 9. The lowest BCUT2D eigenvalue weighted by Gasteiger charge is -2.38. The number of likely N-dealkylation sites (N-methyl/N-ethyl adjacent to an activating group) is 1. The van der Waals surface area contributed by atoms with Gasteiger partial charge in [-0.05, 0) is 44.5 Å². The Labute approximate surface area is 262 Å². The first-order valence-corrected chi connectivity index (χ1v) is 14.7. The molecule has 0 saturated carbocycles. The highest BCUT2D eigenvalue weighted by Gasteiger charge is 2.43. The van der Waals surface area contributed by atoms with E-state index in [1.807, 2.05) is 6.20 Å². The summed E-state index contributed by atoms with van der Waals surface area (Å²) in [6.45, 7) is 7.30. The maximum Gasteiger partial charge on any atom is 0.318 e. The Hall–Kier alpha value is -3.49. The molecule has 3 aromatic rings. The van der Waals surface area contributed by atoms with Crippen LogP contribution >= 0.6 is 13.5 Å². The summed E-state index contributed by atoms with van der Waals surface area (Å²) in [5.74, 6) is -2.09. The number of anilines is 2. The largest absolute Gasteiger partial charge is 0.462 e. The number of rotatable bonds is 7. The molecule has 5 heterocycles. The Bertz CT molecular complexity index is 1540. The molecule has 3 aliphatic rings. The molecule has 11 nitrogen and oxygen atoms in total. The molecule has 6 rings (SSSR count). The van der Waals surface area contributed by atoms with Gasteiger partial charge in [0.15, 0.2) is 0 Å². The van der Waals surface area contributed by atoms with Gasteiger partial charge >= 0.3 is 6.01 Å². The van der Waals surface area contributed by atoms with Crippen LogP contribution < -0.4 is 14.5 Å². The number of ether oxygens (including phenoxy) is 1. The number of alkyl halides is 2. The van der Waals surface area contributed by atoms with E-state index in [0.717, 1.165) is 40.2 Å². The number of aliphatic hydroxyl groups is 1. The van der Waals surface area contributed by atoms with Gasteiger partial charge in [-0.25, -0.2) is 8.78 Å². The molecule has 238 valence electrons. The van der Waals surface area contributed by atoms with Crippen LogP contribution in [0.4, 0.5) is 20.3 Å². The lowest BCUT2D eigenvalue weighted by Crippen LogP contribution is -2.49. The lowest BCUT2D eigenvalue weighted by molar-refractivity contribution is -0.126. The van der Waals surface area contributed by atoms with Crippen LogP contribution in [0, 0.1) is 13.8 Å². The van der Waals surface area contributed by atoms with Crippen LogP contribution in [-0.2, 0) is 17.8 Å². The summed E-state index contributed by atoms with van der Waals surface area (Å²) in [5.41, 5.74) is 6.35. The molecule has 0 bridgehead atoms. The molecule has 0 aliphatic carbocycles. The van der Waals surface area contributed by atoms with Crippen molar-refractivity contribution in [2.75, 3.05) is 69.3 Å². The molecule has 2 fully saturated rings. The number of nitrogens with zero attached hydrogens (tertiary/aromatic N) is 7. The number of fused-ring (bicyclic) bond motifs is 2. The van der Waals surface area contributed by atoms with Gasteiger partial charge in [-0.2, -0.15) is 28.6 Å². The van der Waals surface area contributed by atoms with Gasteiger partial charge in [-0.3, -0.25) is 14.8 Å². The third-order valence-electron chi connectivity index (χ3n) is 8.87. The Balaban J connectivity index is 0.00000384. The molecule has 14 heteroatoms. The van der Waals surface area contributed by atoms with Crippen LogP contribution in [0.25, 0.3) is 10.9 Å². The molecule has 1 amide bonds. The van der Waals surface area contributed by atoms with Crippen LogP contribution in [0.15, 0.2) is 24.4 Å². The first-order valence-electron chi connectivity index (χ1n) is 14.7. The molecular formula is C30H40F2N8O3S. The number of nitrogens with one attached hydrogen (secondary N) is 1. The van der Waals surface area contributed by atoms with Crippen LogP contribution in [0.5, 0.6) is 6.01 Å². The standard InChI is InChI=1S/C30H38F2N8O3.H2S/c1-19-13-24-23(15-33-36-24)27(20(19)2)40-7-6-22-25(16-40)34-29(43-17-21-14-30(31,32)18-37(21)3)35-28(22)39-10-8-38(9-11-39)26(42)5-4-12-41;/h4-5,13,15,21,41H,6-12,14,16-18H2,1-3H3,(H,33,36);1H2/b5-4+;/t21-;/m0./s1. The zero-order valence-corrected chi connectivity index (χ0v) is 26.3. The average molecular weight is 631 g/mol. The van der Waals surface area contributed by atoms with Crippen molar-refractivity contribution in [3.05, 3.63) is 46.8 Å². The number of aromatic amines is 1. The van der Waals surface area contributed by atoms with Crippen molar-refractivity contribution < 1.29 is 23.4 Å². The van der Waals surface area contributed by atoms with Gasteiger partial charge in [0, 0.05) is 62.2 Å². The van der Waals surface area contributed by atoms with Gasteiger partial charge in [0.2, 0.25) is 5.91 Å². The smallest absolute Gasteiger partial charge is 0.318 e. The van der Waals surface area contributed by atoms with E-state index in [4.69, 9.17) is 19.8 Å². The predicted octanol–water partition coefficient (Wildman–Crippen LogP) is 2.56. The van der Waals surface area contributed by atoms with Crippen LogP contribution in [0.2, 0.25) is 0 Å². The van der Waals surface area contributed by atoms with E-state index in [1.165, 1.54) is 23.3 Å². The number of hydrogen-bond donors (Lipinski definition) is 2. The number of benzene rings is 1. The van der Waals surface area contributed by atoms with Crippen molar-refractivity contribution in [3.8, 4) is 6.01 Å². The monoisotopic (exact) mass is 630 g/mol. The quantitative estimate of drug-likeness (QED) is 0.381. The SMILES string of the molecule is Cc1cc2[nH]ncc2c(N2CCc3c(nc(OC[C@@H]4CC(F)(F)CN4C)nc3N3CCN(C(=O)/C=C/CO)CC3)C2)c1C.S. The molecule has 1 atom stereocenters. The maximum absolute atomic E-state index is 14.0. The summed E-state index contributed by atoms with van der Waals surface area (Å²) in [6.07, 6.45) is 5.15. The average Bonchev–Trinajstić information content (AvgIpc) is 3.56. The summed E-state index contributed by atoms with van der Waals surface area (Å²) in [4.78, 5) is 30.0. The van der Waals surface area contributed by atoms with E-state index >= 15 is 0 Å². The third kappa shape index (κ3) is 6.33. The van der Waals surface area contributed by atoms with Crippen molar-refractivity contribution in [1.82, 2.24) is 30.0 Å².